The van der Waals surface area contributed by atoms with Crippen LogP contribution in [0.25, 0.3) is 0 Å². The van der Waals surface area contributed by atoms with Crippen LogP contribution in [0, 0.1) is 6.92 Å². The van der Waals surface area contributed by atoms with E-state index >= 15 is 0 Å². The van der Waals surface area contributed by atoms with Crippen molar-refractivity contribution >= 4 is 5.96 Å². The predicted octanol–water partition coefficient (Wildman–Crippen LogP) is 2.65. The van der Waals surface area contributed by atoms with E-state index in [4.69, 9.17) is 9.73 Å². The van der Waals surface area contributed by atoms with E-state index in [1.165, 1.54) is 11.1 Å². The quantitative estimate of drug-likeness (QED) is 0.365. The Hall–Kier alpha value is -2.41. The van der Waals surface area contributed by atoms with Crippen molar-refractivity contribution in [1.82, 2.24) is 25.0 Å². The van der Waals surface area contributed by atoms with E-state index in [9.17, 15) is 0 Å². The molecule has 1 heterocycles. The second-order valence-electron chi connectivity index (χ2n) is 6.76. The van der Waals surface area contributed by atoms with Crippen LogP contribution in [0.15, 0.2) is 35.6 Å². The highest BCUT2D eigenvalue weighted by Crippen LogP contribution is 2.09. The fourth-order valence-electron chi connectivity index (χ4n) is 2.95. The van der Waals surface area contributed by atoms with E-state index in [1.54, 1.807) is 6.33 Å². The van der Waals surface area contributed by atoms with Gasteiger partial charge in [0.05, 0.1) is 0 Å². The summed E-state index contributed by atoms with van der Waals surface area (Å²) in [5.74, 6) is 1.91. The molecule has 1 aromatic carbocycles. The number of aromatic nitrogens is 3. The van der Waals surface area contributed by atoms with E-state index in [2.05, 4.69) is 70.1 Å². The summed E-state index contributed by atoms with van der Waals surface area (Å²) < 4.78 is 7.51. The molecule has 0 radical (unpaired) electrons. The minimum absolute atomic E-state index is 0.743. The van der Waals surface area contributed by atoms with Gasteiger partial charge in [0.2, 0.25) is 0 Å². The number of ether oxygens (including phenoxy) is 1. The van der Waals surface area contributed by atoms with Crippen LogP contribution >= 0.6 is 0 Å². The van der Waals surface area contributed by atoms with Gasteiger partial charge in [0.1, 0.15) is 12.2 Å². The summed E-state index contributed by atoms with van der Waals surface area (Å²) >= 11 is 0. The summed E-state index contributed by atoms with van der Waals surface area (Å²) in [6.07, 6.45) is 3.59. The zero-order valence-electron chi connectivity index (χ0n) is 17.7. The Balaban J connectivity index is 1.97. The highest BCUT2D eigenvalue weighted by atomic mass is 16.5. The highest BCUT2D eigenvalue weighted by Gasteiger charge is 2.09. The smallest absolute Gasteiger partial charge is 0.194 e. The molecule has 7 nitrogen and oxygen atoms in total. The molecule has 1 N–H and O–H groups in total. The summed E-state index contributed by atoms with van der Waals surface area (Å²) in [5.41, 5.74) is 2.60. The molecule has 2 rings (SSSR count). The van der Waals surface area contributed by atoms with Crippen molar-refractivity contribution in [2.75, 3.05) is 33.4 Å². The van der Waals surface area contributed by atoms with E-state index in [0.717, 1.165) is 64.0 Å². The Morgan fingerprint density at radius 3 is 2.86 bits per heavy atom. The number of hydrogen-bond acceptors (Lipinski definition) is 4. The molecule has 0 unspecified atom stereocenters. The second kappa shape index (κ2) is 12.1. The molecular weight excluding hydrogens is 352 g/mol. The van der Waals surface area contributed by atoms with Gasteiger partial charge >= 0.3 is 0 Å². The predicted molar refractivity (Wildman–Crippen MR) is 113 cm³/mol. The van der Waals surface area contributed by atoms with Crippen LogP contribution in [-0.2, 0) is 24.2 Å². The van der Waals surface area contributed by atoms with E-state index in [1.807, 2.05) is 6.92 Å². The van der Waals surface area contributed by atoms with E-state index in [-0.39, 0.29) is 0 Å². The van der Waals surface area contributed by atoms with Crippen LogP contribution in [-0.4, -0.2) is 59.0 Å². The normalized spacial score (nSPS) is 11.6. The van der Waals surface area contributed by atoms with Gasteiger partial charge in [-0.15, -0.1) is 10.2 Å². The van der Waals surface area contributed by atoms with Crippen molar-refractivity contribution in [3.8, 4) is 0 Å². The van der Waals surface area contributed by atoms with Crippen molar-refractivity contribution in [3.63, 3.8) is 0 Å². The molecule has 28 heavy (non-hydrogen) atoms. The molecule has 0 aliphatic rings. The molecule has 154 valence electrons. The Labute approximate surface area is 168 Å². The second-order valence-corrected chi connectivity index (χ2v) is 6.76. The van der Waals surface area contributed by atoms with Gasteiger partial charge < -0.3 is 19.5 Å². The van der Waals surface area contributed by atoms with Crippen molar-refractivity contribution in [2.24, 2.45) is 4.99 Å². The lowest BCUT2D eigenvalue weighted by Crippen LogP contribution is -2.40. The average Bonchev–Trinajstić information content (AvgIpc) is 3.15. The van der Waals surface area contributed by atoms with Gasteiger partial charge in [-0.1, -0.05) is 31.2 Å². The minimum Gasteiger partial charge on any atom is -0.382 e. The van der Waals surface area contributed by atoms with E-state index < -0.39 is 0 Å². The van der Waals surface area contributed by atoms with Gasteiger partial charge in [0.15, 0.2) is 5.96 Å². The third-order valence-electron chi connectivity index (χ3n) is 4.59. The largest absolute Gasteiger partial charge is 0.382 e. The van der Waals surface area contributed by atoms with Crippen LogP contribution < -0.4 is 5.32 Å². The SMILES string of the molecule is CCOCCCN=C(NCCn1cnnc1CC)N(C)Cc1ccccc1C. The molecule has 2 aromatic rings. The lowest BCUT2D eigenvalue weighted by atomic mass is 10.1. The first-order valence-electron chi connectivity index (χ1n) is 10.1. The zero-order chi connectivity index (χ0) is 20.2. The number of nitrogens with zero attached hydrogens (tertiary/aromatic N) is 5. The van der Waals surface area contributed by atoms with Gasteiger partial charge in [0.25, 0.3) is 0 Å². The summed E-state index contributed by atoms with van der Waals surface area (Å²) in [6.45, 7) is 10.9. The molecule has 0 bridgehead atoms. The number of benzene rings is 1. The zero-order valence-corrected chi connectivity index (χ0v) is 17.7. The first-order chi connectivity index (χ1) is 13.7. The van der Waals surface area contributed by atoms with Crippen LogP contribution in [0.4, 0.5) is 0 Å². The summed E-state index contributed by atoms with van der Waals surface area (Å²) in [4.78, 5) is 6.97. The summed E-state index contributed by atoms with van der Waals surface area (Å²) in [5, 5.41) is 11.6. The summed E-state index contributed by atoms with van der Waals surface area (Å²) in [6, 6.07) is 8.47. The van der Waals surface area contributed by atoms with Crippen molar-refractivity contribution < 1.29 is 4.74 Å². The molecule has 1 aromatic heterocycles. The number of aryl methyl sites for hydroxylation is 2. The number of hydrogen-bond donors (Lipinski definition) is 1. The first-order valence-corrected chi connectivity index (χ1v) is 10.1. The third-order valence-corrected chi connectivity index (χ3v) is 4.59. The first kappa shape index (κ1) is 21.9. The molecule has 0 saturated carbocycles. The lowest BCUT2D eigenvalue weighted by Gasteiger charge is -2.23. The fourth-order valence-corrected chi connectivity index (χ4v) is 2.95. The third kappa shape index (κ3) is 6.96. The van der Waals surface area contributed by atoms with E-state index in [0.29, 0.717) is 0 Å². The molecule has 0 saturated heterocycles. The maximum absolute atomic E-state index is 5.42. The average molecular weight is 387 g/mol. The standard InChI is InChI=1S/C21H34N6O/c1-5-20-25-24-17-27(20)14-13-23-21(22-12-9-15-28-6-2)26(4)16-19-11-8-7-10-18(19)3/h7-8,10-11,17H,5-6,9,12-16H2,1-4H3,(H,22,23). The van der Waals surface area contributed by atoms with Crippen LogP contribution in [0.5, 0.6) is 0 Å². The Bertz CT molecular complexity index is 727. The van der Waals surface area contributed by atoms with Crippen molar-refractivity contribution in [3.05, 3.63) is 47.5 Å². The minimum atomic E-state index is 0.743. The van der Waals surface area contributed by atoms with Gasteiger partial charge in [-0.25, -0.2) is 0 Å². The van der Waals surface area contributed by atoms with Gasteiger partial charge in [-0.05, 0) is 31.4 Å². The Kier molecular flexibility index (Phi) is 9.48. The molecular formula is C21H34N6O. The fraction of sp³-hybridized carbons (Fsp3) is 0.571. The van der Waals surface area contributed by atoms with Gasteiger partial charge in [-0.2, -0.15) is 0 Å². The molecule has 0 amide bonds. The summed E-state index contributed by atoms with van der Waals surface area (Å²) in [7, 11) is 2.08. The number of guanidine groups is 1. The van der Waals surface area contributed by atoms with Crippen LogP contribution in [0.1, 0.15) is 37.2 Å². The molecule has 0 fully saturated rings. The van der Waals surface area contributed by atoms with Crippen LogP contribution in [0.3, 0.4) is 0 Å². The molecule has 0 atom stereocenters. The van der Waals surface area contributed by atoms with Crippen molar-refractivity contribution in [2.45, 2.75) is 46.7 Å². The maximum atomic E-state index is 5.42. The molecule has 0 aliphatic heterocycles. The van der Waals surface area contributed by atoms with Gasteiger partial charge in [0, 0.05) is 52.9 Å². The van der Waals surface area contributed by atoms with Crippen molar-refractivity contribution in [1.29, 1.82) is 0 Å². The number of rotatable bonds is 11. The maximum Gasteiger partial charge on any atom is 0.194 e. The Morgan fingerprint density at radius 2 is 2.11 bits per heavy atom. The number of nitrogens with one attached hydrogen (secondary N) is 1. The highest BCUT2D eigenvalue weighted by molar-refractivity contribution is 5.79. The topological polar surface area (TPSA) is 67.6 Å². The Morgan fingerprint density at radius 1 is 1.29 bits per heavy atom. The molecule has 0 aliphatic carbocycles. The molecule has 7 heteroatoms. The number of aliphatic imine (C=N–C) groups is 1. The van der Waals surface area contributed by atoms with Crippen LogP contribution in [0.2, 0.25) is 0 Å². The van der Waals surface area contributed by atoms with Gasteiger partial charge in [-0.3, -0.25) is 4.99 Å². The molecule has 0 spiro atoms. The lowest BCUT2D eigenvalue weighted by molar-refractivity contribution is 0.146. The monoisotopic (exact) mass is 386 g/mol.